The van der Waals surface area contributed by atoms with Gasteiger partial charge in [0.15, 0.2) is 0 Å². The van der Waals surface area contributed by atoms with Crippen molar-refractivity contribution in [2.75, 3.05) is 26.4 Å². The molecule has 78 valence electrons. The summed E-state index contributed by atoms with van der Waals surface area (Å²) in [5.41, 5.74) is 0. The highest BCUT2D eigenvalue weighted by molar-refractivity contribution is 9.09. The maximum atomic E-state index is 5.39. The van der Waals surface area contributed by atoms with E-state index in [1.807, 2.05) is 13.8 Å². The molecular weight excluding hydrogens is 232 g/mol. The van der Waals surface area contributed by atoms with E-state index in [2.05, 4.69) is 15.9 Å². The summed E-state index contributed by atoms with van der Waals surface area (Å²) in [6.45, 7) is 7.53. The Labute approximate surface area is 89.1 Å². The van der Waals surface area contributed by atoms with Crippen molar-refractivity contribution in [3.8, 4) is 0 Å². The highest BCUT2D eigenvalue weighted by Crippen LogP contribution is 2.40. The van der Waals surface area contributed by atoms with Crippen LogP contribution in [0.1, 0.15) is 20.3 Å². The Balaban J connectivity index is 2.07. The van der Waals surface area contributed by atoms with Gasteiger partial charge in [0.1, 0.15) is 0 Å². The topological polar surface area (TPSA) is 18.5 Å². The van der Waals surface area contributed by atoms with Gasteiger partial charge in [-0.15, -0.1) is 0 Å². The third-order valence-electron chi connectivity index (χ3n) is 2.58. The van der Waals surface area contributed by atoms with Crippen LogP contribution in [0.25, 0.3) is 0 Å². The molecule has 3 heteroatoms. The molecule has 0 bridgehead atoms. The first-order chi connectivity index (χ1) is 6.29. The third kappa shape index (κ3) is 3.22. The molecule has 0 amide bonds. The Morgan fingerprint density at radius 1 is 1.08 bits per heavy atom. The molecule has 0 aromatic heterocycles. The molecule has 1 aliphatic carbocycles. The lowest BCUT2D eigenvalue weighted by Crippen LogP contribution is -2.42. The molecule has 1 saturated carbocycles. The summed E-state index contributed by atoms with van der Waals surface area (Å²) in [4.78, 5) is 0.602. The van der Waals surface area contributed by atoms with Gasteiger partial charge in [0.05, 0.1) is 13.2 Å². The Morgan fingerprint density at radius 3 is 1.85 bits per heavy atom. The SMILES string of the molecule is CCOC[C@@H]1C[C@H](COCC)C1Br. The molecular formula is C10H19BrO2. The molecule has 1 rings (SSSR count). The van der Waals surface area contributed by atoms with Gasteiger partial charge in [-0.05, 0) is 32.1 Å². The largest absolute Gasteiger partial charge is 0.381 e. The Bertz CT molecular complexity index is 127. The number of alkyl halides is 1. The van der Waals surface area contributed by atoms with E-state index in [9.17, 15) is 0 Å². The number of hydrogen-bond donors (Lipinski definition) is 0. The van der Waals surface area contributed by atoms with Crippen LogP contribution in [0.3, 0.4) is 0 Å². The maximum absolute atomic E-state index is 5.39. The second-order valence-corrected chi connectivity index (χ2v) is 4.58. The second kappa shape index (κ2) is 5.99. The van der Waals surface area contributed by atoms with E-state index < -0.39 is 0 Å². The minimum absolute atomic E-state index is 0.602. The summed E-state index contributed by atoms with van der Waals surface area (Å²) in [6, 6.07) is 0. The van der Waals surface area contributed by atoms with Crippen molar-refractivity contribution in [1.82, 2.24) is 0 Å². The van der Waals surface area contributed by atoms with Gasteiger partial charge >= 0.3 is 0 Å². The molecule has 0 heterocycles. The van der Waals surface area contributed by atoms with Crippen LogP contribution in [0.5, 0.6) is 0 Å². The number of halogens is 1. The fourth-order valence-electron chi connectivity index (χ4n) is 1.70. The van der Waals surface area contributed by atoms with Crippen LogP contribution in [0.15, 0.2) is 0 Å². The molecule has 1 aliphatic rings. The first kappa shape index (κ1) is 11.5. The van der Waals surface area contributed by atoms with E-state index >= 15 is 0 Å². The maximum Gasteiger partial charge on any atom is 0.0505 e. The van der Waals surface area contributed by atoms with Crippen LogP contribution >= 0.6 is 15.9 Å². The van der Waals surface area contributed by atoms with Crippen LogP contribution in [0.4, 0.5) is 0 Å². The summed E-state index contributed by atoms with van der Waals surface area (Å²) in [6.07, 6.45) is 1.25. The van der Waals surface area contributed by atoms with E-state index in [0.29, 0.717) is 16.7 Å². The van der Waals surface area contributed by atoms with E-state index in [1.54, 1.807) is 0 Å². The van der Waals surface area contributed by atoms with Gasteiger partial charge < -0.3 is 9.47 Å². The number of hydrogen-bond acceptors (Lipinski definition) is 2. The van der Waals surface area contributed by atoms with E-state index in [1.165, 1.54) is 6.42 Å². The summed E-state index contributed by atoms with van der Waals surface area (Å²) < 4.78 is 10.8. The normalized spacial score (nSPS) is 33.0. The highest BCUT2D eigenvalue weighted by Gasteiger charge is 2.38. The molecule has 1 unspecified atom stereocenters. The molecule has 0 spiro atoms. The van der Waals surface area contributed by atoms with Gasteiger partial charge in [0, 0.05) is 18.0 Å². The Morgan fingerprint density at radius 2 is 1.54 bits per heavy atom. The van der Waals surface area contributed by atoms with Crippen LogP contribution < -0.4 is 0 Å². The zero-order chi connectivity index (χ0) is 9.68. The Kier molecular flexibility index (Phi) is 5.29. The molecule has 0 aliphatic heterocycles. The van der Waals surface area contributed by atoms with Crippen LogP contribution in [-0.2, 0) is 9.47 Å². The lowest BCUT2D eigenvalue weighted by molar-refractivity contribution is 0.0158. The molecule has 0 saturated heterocycles. The fourth-order valence-corrected chi connectivity index (χ4v) is 2.43. The summed E-state index contributed by atoms with van der Waals surface area (Å²) in [7, 11) is 0. The van der Waals surface area contributed by atoms with Gasteiger partial charge in [-0.25, -0.2) is 0 Å². The van der Waals surface area contributed by atoms with Crippen LogP contribution in [0, 0.1) is 11.8 Å². The lowest BCUT2D eigenvalue weighted by atomic mass is 9.75. The standard InChI is InChI=1S/C10H19BrO2/c1-3-12-6-8-5-9(10(8)11)7-13-4-2/h8-10H,3-7H2,1-2H3/t8-,9+,10?. The van der Waals surface area contributed by atoms with Gasteiger partial charge in [-0.2, -0.15) is 0 Å². The first-order valence-corrected chi connectivity index (χ1v) is 6.00. The highest BCUT2D eigenvalue weighted by atomic mass is 79.9. The lowest BCUT2D eigenvalue weighted by Gasteiger charge is -2.40. The summed E-state index contributed by atoms with van der Waals surface area (Å²) >= 11 is 3.69. The zero-order valence-corrected chi connectivity index (χ0v) is 10.0. The molecule has 2 nitrogen and oxygen atoms in total. The van der Waals surface area contributed by atoms with Crippen molar-refractivity contribution in [2.24, 2.45) is 11.8 Å². The predicted molar refractivity (Wildman–Crippen MR) is 57.3 cm³/mol. The molecule has 0 aromatic carbocycles. The fraction of sp³-hybridized carbons (Fsp3) is 1.00. The van der Waals surface area contributed by atoms with Crippen LogP contribution in [0.2, 0.25) is 0 Å². The minimum atomic E-state index is 0.602. The van der Waals surface area contributed by atoms with Crippen molar-refractivity contribution < 1.29 is 9.47 Å². The van der Waals surface area contributed by atoms with E-state index in [4.69, 9.17) is 9.47 Å². The van der Waals surface area contributed by atoms with Gasteiger partial charge in [0.2, 0.25) is 0 Å². The molecule has 1 fully saturated rings. The van der Waals surface area contributed by atoms with Crippen molar-refractivity contribution >= 4 is 15.9 Å². The monoisotopic (exact) mass is 250 g/mol. The molecule has 0 radical (unpaired) electrons. The molecule has 3 atom stereocenters. The van der Waals surface area contributed by atoms with Crippen molar-refractivity contribution in [3.63, 3.8) is 0 Å². The van der Waals surface area contributed by atoms with E-state index in [-0.39, 0.29) is 0 Å². The van der Waals surface area contributed by atoms with Crippen molar-refractivity contribution in [2.45, 2.75) is 25.1 Å². The average molecular weight is 251 g/mol. The number of ether oxygens (including phenoxy) is 2. The first-order valence-electron chi connectivity index (χ1n) is 5.09. The van der Waals surface area contributed by atoms with Crippen molar-refractivity contribution in [3.05, 3.63) is 0 Å². The van der Waals surface area contributed by atoms with Crippen molar-refractivity contribution in [1.29, 1.82) is 0 Å². The van der Waals surface area contributed by atoms with Gasteiger partial charge in [-0.3, -0.25) is 0 Å². The minimum Gasteiger partial charge on any atom is -0.381 e. The molecule has 0 aromatic rings. The average Bonchev–Trinajstić information content (AvgIpc) is 2.15. The van der Waals surface area contributed by atoms with Gasteiger partial charge in [-0.1, -0.05) is 15.9 Å². The second-order valence-electron chi connectivity index (χ2n) is 3.52. The molecule has 0 N–H and O–H groups in total. The summed E-state index contributed by atoms with van der Waals surface area (Å²) in [5, 5.41) is 0. The molecule has 13 heavy (non-hydrogen) atoms. The van der Waals surface area contributed by atoms with E-state index in [0.717, 1.165) is 26.4 Å². The Hall–Kier alpha value is 0.400. The zero-order valence-electron chi connectivity index (χ0n) is 8.46. The third-order valence-corrected chi connectivity index (χ3v) is 4.07. The number of rotatable bonds is 6. The van der Waals surface area contributed by atoms with Gasteiger partial charge in [0.25, 0.3) is 0 Å². The summed E-state index contributed by atoms with van der Waals surface area (Å²) in [5.74, 6) is 1.40. The predicted octanol–water partition coefficient (Wildman–Crippen LogP) is 2.46. The van der Waals surface area contributed by atoms with Crippen LogP contribution in [-0.4, -0.2) is 31.3 Å². The smallest absolute Gasteiger partial charge is 0.0505 e. The quantitative estimate of drug-likeness (QED) is 0.675.